The van der Waals surface area contributed by atoms with Crippen molar-refractivity contribution in [3.8, 4) is 0 Å². The van der Waals surface area contributed by atoms with Crippen LogP contribution >= 0.6 is 0 Å². The van der Waals surface area contributed by atoms with E-state index >= 15 is 0 Å². The minimum Gasteiger partial charge on any atom is -0.355 e. The Balaban J connectivity index is 1.46. The van der Waals surface area contributed by atoms with Gasteiger partial charge in [-0.1, -0.05) is 0 Å². The molecule has 2 aromatic rings. The molecule has 0 atom stereocenters. The van der Waals surface area contributed by atoms with Crippen LogP contribution in [0.25, 0.3) is 0 Å². The number of aromatic nitrogens is 5. The Morgan fingerprint density at radius 1 is 1.13 bits per heavy atom. The molecule has 3 heterocycles. The molecule has 0 unspecified atom stereocenters. The van der Waals surface area contributed by atoms with E-state index in [1.54, 1.807) is 6.07 Å². The van der Waals surface area contributed by atoms with Gasteiger partial charge < -0.3 is 4.90 Å². The highest BCUT2D eigenvalue weighted by molar-refractivity contribution is 6.01. The van der Waals surface area contributed by atoms with Gasteiger partial charge in [-0.15, -0.1) is 20.4 Å². The van der Waals surface area contributed by atoms with E-state index in [1.807, 2.05) is 17.7 Å². The number of hydrogen-bond acceptors (Lipinski definition) is 6. The van der Waals surface area contributed by atoms with Gasteiger partial charge >= 0.3 is 0 Å². The lowest BCUT2D eigenvalue weighted by atomic mass is 10.3. The fraction of sp³-hybridized carbons (Fsp3) is 0.533. The summed E-state index contributed by atoms with van der Waals surface area (Å²) < 4.78 is 1.83. The molecule has 4 rings (SSSR count). The van der Waals surface area contributed by atoms with Crippen LogP contribution < -0.4 is 10.2 Å². The normalized spacial score (nSPS) is 17.5. The van der Waals surface area contributed by atoms with E-state index in [-0.39, 0.29) is 11.6 Å². The molecular weight excluding hydrogens is 294 g/mol. The molecule has 1 N–H and O–H groups in total. The van der Waals surface area contributed by atoms with Crippen LogP contribution in [0.15, 0.2) is 12.1 Å². The molecule has 120 valence electrons. The van der Waals surface area contributed by atoms with Gasteiger partial charge in [0, 0.05) is 26.1 Å². The monoisotopic (exact) mass is 313 g/mol. The van der Waals surface area contributed by atoms with E-state index in [4.69, 9.17) is 0 Å². The first-order valence-electron chi connectivity index (χ1n) is 8.01. The topological polar surface area (TPSA) is 88.8 Å². The molecule has 2 fully saturated rings. The van der Waals surface area contributed by atoms with E-state index in [0.29, 0.717) is 11.9 Å². The van der Waals surface area contributed by atoms with Crippen molar-refractivity contribution in [2.45, 2.75) is 31.6 Å². The molecule has 0 bridgehead atoms. The first-order valence-corrected chi connectivity index (χ1v) is 8.01. The lowest BCUT2D eigenvalue weighted by Crippen LogP contribution is -2.21. The van der Waals surface area contributed by atoms with Crippen molar-refractivity contribution in [3.05, 3.63) is 23.7 Å². The molecule has 0 spiro atoms. The number of nitrogens with zero attached hydrogens (tertiary/aromatic N) is 6. The summed E-state index contributed by atoms with van der Waals surface area (Å²) >= 11 is 0. The van der Waals surface area contributed by atoms with Gasteiger partial charge in [0.05, 0.1) is 0 Å². The number of anilines is 2. The van der Waals surface area contributed by atoms with Crippen LogP contribution in [-0.4, -0.2) is 44.0 Å². The predicted octanol–water partition coefficient (Wildman–Crippen LogP) is 1.33. The van der Waals surface area contributed by atoms with Crippen molar-refractivity contribution in [1.82, 2.24) is 25.0 Å². The molecule has 1 saturated heterocycles. The molecule has 0 radical (unpaired) electrons. The molecule has 1 aliphatic carbocycles. The first-order chi connectivity index (χ1) is 11.2. The highest BCUT2D eigenvalue weighted by Gasteiger charge is 2.29. The van der Waals surface area contributed by atoms with Gasteiger partial charge in [0.2, 0.25) is 5.95 Å². The lowest BCUT2D eigenvalue weighted by Gasteiger charge is -2.15. The lowest BCUT2D eigenvalue weighted by molar-refractivity contribution is 0.102. The maximum atomic E-state index is 12.3. The summed E-state index contributed by atoms with van der Waals surface area (Å²) in [6.07, 6.45) is 4.64. The number of hydrogen-bond donors (Lipinski definition) is 1. The van der Waals surface area contributed by atoms with Crippen molar-refractivity contribution < 1.29 is 4.79 Å². The Labute approximate surface area is 133 Å². The van der Waals surface area contributed by atoms with Crippen molar-refractivity contribution in [2.75, 3.05) is 23.3 Å². The number of carbonyl (C=O) groups excluding carboxylic acids is 1. The fourth-order valence-electron chi connectivity index (χ4n) is 2.87. The van der Waals surface area contributed by atoms with Crippen LogP contribution in [0.1, 0.15) is 47.9 Å². The highest BCUT2D eigenvalue weighted by atomic mass is 16.2. The third-order valence-electron chi connectivity index (χ3n) is 4.39. The van der Waals surface area contributed by atoms with Gasteiger partial charge in [0.15, 0.2) is 11.5 Å². The summed E-state index contributed by atoms with van der Waals surface area (Å²) in [4.78, 5) is 14.5. The van der Waals surface area contributed by atoms with E-state index < -0.39 is 0 Å². The summed E-state index contributed by atoms with van der Waals surface area (Å²) in [5.41, 5.74) is 0.281. The van der Waals surface area contributed by atoms with Gasteiger partial charge in [0.25, 0.3) is 5.91 Å². The maximum absolute atomic E-state index is 12.3. The second-order valence-corrected chi connectivity index (χ2v) is 6.14. The summed E-state index contributed by atoms with van der Waals surface area (Å²) in [7, 11) is 1.87. The van der Waals surface area contributed by atoms with E-state index in [2.05, 4.69) is 30.6 Å². The average Bonchev–Trinajstić information content (AvgIpc) is 3.13. The van der Waals surface area contributed by atoms with Gasteiger partial charge in [-0.2, -0.15) is 0 Å². The van der Waals surface area contributed by atoms with Crippen molar-refractivity contribution in [2.24, 2.45) is 7.05 Å². The quantitative estimate of drug-likeness (QED) is 0.916. The molecule has 0 aromatic carbocycles. The Morgan fingerprint density at radius 2 is 1.91 bits per heavy atom. The summed E-state index contributed by atoms with van der Waals surface area (Å²) in [5, 5.41) is 19.2. The number of amides is 1. The largest absolute Gasteiger partial charge is 0.355 e. The van der Waals surface area contributed by atoms with E-state index in [9.17, 15) is 4.79 Å². The predicted molar refractivity (Wildman–Crippen MR) is 84.4 cm³/mol. The molecule has 8 heteroatoms. The molecule has 1 aliphatic heterocycles. The van der Waals surface area contributed by atoms with Crippen molar-refractivity contribution >= 4 is 17.7 Å². The van der Waals surface area contributed by atoms with Gasteiger partial charge in [-0.3, -0.25) is 14.7 Å². The van der Waals surface area contributed by atoms with Crippen molar-refractivity contribution in [1.29, 1.82) is 0 Å². The Morgan fingerprint density at radius 3 is 2.57 bits per heavy atom. The third kappa shape index (κ3) is 2.76. The van der Waals surface area contributed by atoms with E-state index in [1.165, 1.54) is 12.8 Å². The zero-order chi connectivity index (χ0) is 15.8. The Bertz CT molecular complexity index is 714. The van der Waals surface area contributed by atoms with Crippen LogP contribution in [0.3, 0.4) is 0 Å². The summed E-state index contributed by atoms with van der Waals surface area (Å²) in [5.74, 6) is 2.37. The van der Waals surface area contributed by atoms with Crippen LogP contribution in [0.4, 0.5) is 11.8 Å². The molecule has 23 heavy (non-hydrogen) atoms. The average molecular weight is 313 g/mol. The summed E-state index contributed by atoms with van der Waals surface area (Å²) in [6.45, 7) is 2.01. The molecular formula is C15H19N7O. The second-order valence-electron chi connectivity index (χ2n) is 6.14. The Hall–Kier alpha value is -2.51. The van der Waals surface area contributed by atoms with Crippen molar-refractivity contribution in [3.63, 3.8) is 0 Å². The van der Waals surface area contributed by atoms with Gasteiger partial charge in [0.1, 0.15) is 5.82 Å². The van der Waals surface area contributed by atoms with E-state index in [0.717, 1.165) is 37.6 Å². The molecule has 1 saturated carbocycles. The zero-order valence-corrected chi connectivity index (χ0v) is 13.1. The van der Waals surface area contributed by atoms with Crippen LogP contribution in [-0.2, 0) is 7.05 Å². The molecule has 1 amide bonds. The second kappa shape index (κ2) is 5.60. The zero-order valence-electron chi connectivity index (χ0n) is 13.1. The summed E-state index contributed by atoms with van der Waals surface area (Å²) in [6, 6.07) is 3.55. The number of nitrogens with one attached hydrogen (secondary N) is 1. The minimum absolute atomic E-state index is 0.281. The third-order valence-corrected chi connectivity index (χ3v) is 4.39. The SMILES string of the molecule is Cn1c(NC(=O)c2ccc(N3CCCC3)nn2)nnc1C1CC1. The highest BCUT2D eigenvalue weighted by Crippen LogP contribution is 2.39. The van der Waals surface area contributed by atoms with Gasteiger partial charge in [-0.25, -0.2) is 0 Å². The van der Waals surface area contributed by atoms with Crippen LogP contribution in [0.2, 0.25) is 0 Å². The number of rotatable bonds is 4. The Kier molecular flexibility index (Phi) is 3.44. The smallest absolute Gasteiger partial charge is 0.278 e. The number of carbonyl (C=O) groups is 1. The molecule has 2 aliphatic rings. The molecule has 8 nitrogen and oxygen atoms in total. The van der Waals surface area contributed by atoms with Crippen LogP contribution in [0.5, 0.6) is 0 Å². The fourth-order valence-corrected chi connectivity index (χ4v) is 2.87. The minimum atomic E-state index is -0.316. The molecule has 2 aromatic heterocycles. The first kappa shape index (κ1) is 14.1. The maximum Gasteiger partial charge on any atom is 0.278 e. The van der Waals surface area contributed by atoms with Gasteiger partial charge in [-0.05, 0) is 37.8 Å². The van der Waals surface area contributed by atoms with Crippen LogP contribution in [0, 0.1) is 0 Å². The standard InChI is InChI=1S/C15H19N7O/c1-21-13(10-4-5-10)19-20-15(21)16-14(23)11-6-7-12(18-17-11)22-8-2-3-9-22/h6-7,10H,2-5,8-9H2,1H3,(H,16,20,23).